The van der Waals surface area contributed by atoms with Gasteiger partial charge in [0.2, 0.25) is 5.91 Å². The maximum absolute atomic E-state index is 12.5. The van der Waals surface area contributed by atoms with Crippen LogP contribution in [0.1, 0.15) is 348 Å². The van der Waals surface area contributed by atoms with Gasteiger partial charge in [-0.2, -0.15) is 0 Å². The first kappa shape index (κ1) is 66.6. The lowest BCUT2D eigenvalue weighted by molar-refractivity contribution is -0.143. The van der Waals surface area contributed by atoms with E-state index in [0.29, 0.717) is 25.9 Å². The third kappa shape index (κ3) is 53.9. The highest BCUT2D eigenvalue weighted by Gasteiger charge is 2.20. The third-order valence-electron chi connectivity index (χ3n) is 14.6. The van der Waals surface area contributed by atoms with E-state index in [4.69, 9.17) is 4.74 Å². The van der Waals surface area contributed by atoms with E-state index in [1.54, 1.807) is 0 Å². The Hall–Kier alpha value is -1.40. The predicted octanol–water partition coefficient (Wildman–Crippen LogP) is 19.2. The number of ether oxygens (including phenoxy) is 1. The summed E-state index contributed by atoms with van der Waals surface area (Å²) < 4.78 is 5.47. The van der Waals surface area contributed by atoms with Crippen molar-refractivity contribution < 1.29 is 24.5 Å². The quantitative estimate of drug-likeness (QED) is 0.0321. The summed E-state index contributed by atoms with van der Waals surface area (Å²) in [6.07, 6.45) is 69.3. The molecule has 2 atom stereocenters. The summed E-state index contributed by atoms with van der Waals surface area (Å²) in [5.41, 5.74) is 0. The van der Waals surface area contributed by atoms with Crippen LogP contribution in [0.4, 0.5) is 0 Å². The summed E-state index contributed by atoms with van der Waals surface area (Å²) >= 11 is 0. The largest absolute Gasteiger partial charge is 0.466 e. The summed E-state index contributed by atoms with van der Waals surface area (Å²) in [7, 11) is 0. The van der Waals surface area contributed by atoms with Gasteiger partial charge < -0.3 is 20.3 Å². The SMILES string of the molecule is CCCCCC/C=C\CCCCCCCC(=O)OCCCCCCCCCCCCCCCCCCCCCC(=O)NC(CO)C(O)CCCCCCCCCCCCCCCCCCCCC. The average molecular weight is 961 g/mol. The highest BCUT2D eigenvalue weighted by atomic mass is 16.5. The van der Waals surface area contributed by atoms with Crippen LogP contribution in [-0.4, -0.2) is 47.4 Å². The molecule has 1 amide bonds. The number of unbranched alkanes of at least 4 members (excludes halogenated alkanes) is 45. The van der Waals surface area contributed by atoms with E-state index in [1.807, 2.05) is 0 Å². The fraction of sp³-hybridized carbons (Fsp3) is 0.935. The monoisotopic (exact) mass is 960 g/mol. The molecule has 68 heavy (non-hydrogen) atoms. The molecule has 0 aromatic rings. The topological polar surface area (TPSA) is 95.9 Å². The van der Waals surface area contributed by atoms with Crippen molar-refractivity contribution in [1.82, 2.24) is 5.32 Å². The standard InChI is InChI=1S/C62H121NO5/c1-3-5-7-9-11-13-15-17-18-19-21-24-27-31-34-38-42-46-50-54-60(65)59(58-64)63-61(66)55-51-47-43-39-35-32-28-25-22-20-23-26-29-33-37-41-45-49-53-57-68-62(67)56-52-48-44-40-36-30-16-14-12-10-8-6-4-2/h14,16,59-60,64-65H,3-13,15,17-58H2,1-2H3,(H,63,66)/b16-14-. The molecule has 6 nitrogen and oxygen atoms in total. The summed E-state index contributed by atoms with van der Waals surface area (Å²) in [6.45, 7) is 4.96. The van der Waals surface area contributed by atoms with Crippen molar-refractivity contribution in [2.24, 2.45) is 0 Å². The molecule has 0 aromatic heterocycles. The molecule has 0 saturated heterocycles. The Morgan fingerprint density at radius 2 is 0.691 bits per heavy atom. The van der Waals surface area contributed by atoms with E-state index in [9.17, 15) is 19.8 Å². The zero-order valence-electron chi connectivity index (χ0n) is 46.1. The van der Waals surface area contributed by atoms with E-state index < -0.39 is 12.1 Å². The third-order valence-corrected chi connectivity index (χ3v) is 14.6. The van der Waals surface area contributed by atoms with E-state index in [2.05, 4.69) is 31.3 Å². The van der Waals surface area contributed by atoms with Gasteiger partial charge in [-0.05, 0) is 51.4 Å². The lowest BCUT2D eigenvalue weighted by Gasteiger charge is -2.22. The Kier molecular flexibility index (Phi) is 57.0. The summed E-state index contributed by atoms with van der Waals surface area (Å²) in [5.74, 6) is -0.0338. The molecule has 3 N–H and O–H groups in total. The predicted molar refractivity (Wildman–Crippen MR) is 297 cm³/mol. The highest BCUT2D eigenvalue weighted by molar-refractivity contribution is 5.76. The Labute approximate surface area is 425 Å². The highest BCUT2D eigenvalue weighted by Crippen LogP contribution is 2.18. The van der Waals surface area contributed by atoms with Crippen LogP contribution < -0.4 is 5.32 Å². The van der Waals surface area contributed by atoms with E-state index in [0.717, 1.165) is 44.9 Å². The van der Waals surface area contributed by atoms with Gasteiger partial charge in [0.25, 0.3) is 0 Å². The summed E-state index contributed by atoms with van der Waals surface area (Å²) in [6, 6.07) is -0.544. The van der Waals surface area contributed by atoms with Gasteiger partial charge in [-0.15, -0.1) is 0 Å². The van der Waals surface area contributed by atoms with Crippen LogP contribution in [0, 0.1) is 0 Å². The molecule has 0 bridgehead atoms. The number of aliphatic hydroxyl groups excluding tert-OH is 2. The number of carbonyl (C=O) groups excluding carboxylic acids is 2. The molecule has 0 rings (SSSR count). The maximum atomic E-state index is 12.5. The van der Waals surface area contributed by atoms with Crippen molar-refractivity contribution in [1.29, 1.82) is 0 Å². The van der Waals surface area contributed by atoms with Crippen molar-refractivity contribution >= 4 is 11.9 Å². The minimum atomic E-state index is -0.666. The molecule has 2 unspecified atom stereocenters. The molecule has 0 radical (unpaired) electrons. The lowest BCUT2D eigenvalue weighted by atomic mass is 10.0. The molecule has 404 valence electrons. The Bertz CT molecular complexity index is 1020. The molecule has 0 aliphatic rings. The lowest BCUT2D eigenvalue weighted by Crippen LogP contribution is -2.45. The number of hydrogen-bond acceptors (Lipinski definition) is 5. The van der Waals surface area contributed by atoms with Crippen LogP contribution >= 0.6 is 0 Å². The molecule has 0 aliphatic heterocycles. The Morgan fingerprint density at radius 3 is 1.06 bits per heavy atom. The molecule has 0 saturated carbocycles. The second-order valence-corrected chi connectivity index (χ2v) is 21.4. The maximum Gasteiger partial charge on any atom is 0.305 e. The second-order valence-electron chi connectivity index (χ2n) is 21.4. The number of allylic oxidation sites excluding steroid dienone is 2. The first-order chi connectivity index (χ1) is 33.5. The van der Waals surface area contributed by atoms with Crippen molar-refractivity contribution in [3.63, 3.8) is 0 Å². The van der Waals surface area contributed by atoms with E-state index >= 15 is 0 Å². The van der Waals surface area contributed by atoms with E-state index in [-0.39, 0.29) is 18.5 Å². The number of nitrogens with one attached hydrogen (secondary N) is 1. The van der Waals surface area contributed by atoms with Gasteiger partial charge in [-0.1, -0.05) is 296 Å². The Morgan fingerprint density at radius 1 is 0.397 bits per heavy atom. The second kappa shape index (κ2) is 58.2. The zero-order valence-corrected chi connectivity index (χ0v) is 46.1. The Balaban J connectivity index is 3.40. The molecule has 6 heteroatoms. The summed E-state index contributed by atoms with van der Waals surface area (Å²) in [5, 5.41) is 23.4. The van der Waals surface area contributed by atoms with Crippen LogP contribution in [0.3, 0.4) is 0 Å². The van der Waals surface area contributed by atoms with Crippen LogP contribution in [-0.2, 0) is 14.3 Å². The van der Waals surface area contributed by atoms with Crippen LogP contribution in [0.5, 0.6) is 0 Å². The van der Waals surface area contributed by atoms with Gasteiger partial charge in [0.05, 0.1) is 25.4 Å². The minimum absolute atomic E-state index is 0.000661. The van der Waals surface area contributed by atoms with Gasteiger partial charge in [0.1, 0.15) is 0 Å². The molecular formula is C62H121NO5. The van der Waals surface area contributed by atoms with Crippen molar-refractivity contribution in [2.75, 3.05) is 13.2 Å². The first-order valence-electron chi connectivity index (χ1n) is 30.9. The van der Waals surface area contributed by atoms with Crippen LogP contribution in [0.25, 0.3) is 0 Å². The van der Waals surface area contributed by atoms with Crippen LogP contribution in [0.2, 0.25) is 0 Å². The number of aliphatic hydroxyl groups is 2. The smallest absolute Gasteiger partial charge is 0.305 e. The zero-order chi connectivity index (χ0) is 49.3. The molecule has 0 fully saturated rings. The van der Waals surface area contributed by atoms with E-state index in [1.165, 1.54) is 270 Å². The molecule has 0 aliphatic carbocycles. The number of esters is 1. The number of rotatable bonds is 58. The van der Waals surface area contributed by atoms with Crippen LogP contribution in [0.15, 0.2) is 12.2 Å². The van der Waals surface area contributed by atoms with Crippen molar-refractivity contribution in [3.05, 3.63) is 12.2 Å². The van der Waals surface area contributed by atoms with Gasteiger partial charge in [0.15, 0.2) is 0 Å². The normalized spacial score (nSPS) is 12.6. The minimum Gasteiger partial charge on any atom is -0.466 e. The molecule has 0 aromatic carbocycles. The van der Waals surface area contributed by atoms with Gasteiger partial charge in [0, 0.05) is 12.8 Å². The van der Waals surface area contributed by atoms with Gasteiger partial charge in [-0.25, -0.2) is 0 Å². The molecule has 0 spiro atoms. The fourth-order valence-corrected chi connectivity index (χ4v) is 9.81. The fourth-order valence-electron chi connectivity index (χ4n) is 9.81. The number of hydrogen-bond donors (Lipinski definition) is 3. The average Bonchev–Trinajstić information content (AvgIpc) is 3.34. The molecular weight excluding hydrogens is 839 g/mol. The van der Waals surface area contributed by atoms with Gasteiger partial charge in [-0.3, -0.25) is 9.59 Å². The van der Waals surface area contributed by atoms with Crippen molar-refractivity contribution in [2.45, 2.75) is 360 Å². The number of carbonyl (C=O) groups is 2. The first-order valence-corrected chi connectivity index (χ1v) is 30.9. The van der Waals surface area contributed by atoms with Gasteiger partial charge >= 0.3 is 5.97 Å². The molecule has 0 heterocycles. The van der Waals surface area contributed by atoms with Crippen molar-refractivity contribution in [3.8, 4) is 0 Å². The number of amides is 1. The summed E-state index contributed by atoms with van der Waals surface area (Å²) in [4.78, 5) is 24.5.